The number of rotatable bonds is 6. The summed E-state index contributed by atoms with van der Waals surface area (Å²) in [5.41, 5.74) is 5.24. The van der Waals surface area contributed by atoms with Gasteiger partial charge < -0.3 is 20.8 Å². The molecule has 0 bridgehead atoms. The average Bonchev–Trinajstić information content (AvgIpc) is 1.84. The summed E-state index contributed by atoms with van der Waals surface area (Å²) < 4.78 is 10.5. The normalized spacial score (nSPS) is 14.7. The summed E-state index contributed by atoms with van der Waals surface area (Å²) in [7, 11) is 0. The maximum Gasteiger partial charge on any atom is 0.385 e. The molecule has 0 aliphatic heterocycles. The van der Waals surface area contributed by atoms with Crippen LogP contribution in [0.25, 0.3) is 0 Å². The van der Waals surface area contributed by atoms with E-state index in [2.05, 4.69) is 5.32 Å². The molecule has 0 spiro atoms. The van der Waals surface area contributed by atoms with Crippen molar-refractivity contribution in [3.8, 4) is 0 Å². The van der Waals surface area contributed by atoms with E-state index in [0.29, 0.717) is 24.5 Å². The van der Waals surface area contributed by atoms with Crippen molar-refractivity contribution < 1.29 is 14.4 Å². The van der Waals surface area contributed by atoms with E-state index in [1.807, 2.05) is 0 Å². The lowest BCUT2D eigenvalue weighted by atomic mass is 10.4. The molecule has 0 amide bonds. The fourth-order valence-electron chi connectivity index (χ4n) is 0.651. The van der Waals surface area contributed by atoms with E-state index in [4.69, 9.17) is 15.5 Å². The van der Waals surface area contributed by atoms with Crippen LogP contribution in [0.4, 0.5) is 0 Å². The summed E-state index contributed by atoms with van der Waals surface area (Å²) in [4.78, 5) is 17.1. The van der Waals surface area contributed by atoms with E-state index in [1.165, 1.54) is 0 Å². The lowest BCUT2D eigenvalue weighted by molar-refractivity contribution is 0.396. The van der Waals surface area contributed by atoms with Crippen molar-refractivity contribution in [2.24, 2.45) is 5.73 Å². The summed E-state index contributed by atoms with van der Waals surface area (Å²) in [5.74, 6) is 0. The van der Waals surface area contributed by atoms with Gasteiger partial charge in [-0.3, -0.25) is 0 Å². The highest BCUT2D eigenvalue weighted by molar-refractivity contribution is 8.54. The minimum absolute atomic E-state index is 0.239. The van der Waals surface area contributed by atoms with Crippen molar-refractivity contribution >= 4 is 18.2 Å². The van der Waals surface area contributed by atoms with Crippen molar-refractivity contribution in [2.75, 3.05) is 13.1 Å². The second-order valence-corrected chi connectivity index (χ2v) is 6.29. The number of nitrogens with two attached hydrogens (primary N) is 1. The van der Waals surface area contributed by atoms with Gasteiger partial charge in [0.1, 0.15) is 0 Å². The smallest absolute Gasteiger partial charge is 0.330 e. The maximum absolute atomic E-state index is 10.5. The van der Waals surface area contributed by atoms with Gasteiger partial charge in [0.15, 0.2) is 0 Å². The molecule has 74 valence electrons. The monoisotopic (exact) mass is 214 g/mol. The van der Waals surface area contributed by atoms with Gasteiger partial charge in [0.05, 0.1) is 5.37 Å². The Morgan fingerprint density at radius 3 is 2.67 bits per heavy atom. The Labute approximate surface area is 76.0 Å². The zero-order chi connectivity index (χ0) is 9.61. The molecule has 7 heteroatoms. The van der Waals surface area contributed by atoms with E-state index in [9.17, 15) is 4.57 Å². The van der Waals surface area contributed by atoms with Gasteiger partial charge in [0.25, 0.3) is 0 Å². The molecule has 5 nitrogen and oxygen atoms in total. The first-order chi connectivity index (χ1) is 5.45. The van der Waals surface area contributed by atoms with Crippen LogP contribution in [-0.2, 0) is 4.57 Å². The first-order valence-electron chi connectivity index (χ1n) is 3.63. The molecule has 5 N–H and O–H groups in total. The van der Waals surface area contributed by atoms with Crippen molar-refractivity contribution in [1.82, 2.24) is 5.32 Å². The second kappa shape index (κ2) is 5.96. The largest absolute Gasteiger partial charge is 0.385 e. The third-order valence-corrected chi connectivity index (χ3v) is 3.64. The molecule has 0 saturated carbocycles. The van der Waals surface area contributed by atoms with Crippen LogP contribution in [0, 0.1) is 0 Å². The highest BCUT2D eigenvalue weighted by atomic mass is 32.7. The lowest BCUT2D eigenvalue weighted by Gasteiger charge is -2.12. The Hall–Kier alpha value is 0.420. The molecule has 0 saturated heterocycles. The molecule has 12 heavy (non-hydrogen) atoms. The van der Waals surface area contributed by atoms with E-state index < -0.39 is 6.80 Å². The van der Waals surface area contributed by atoms with Crippen molar-refractivity contribution in [3.63, 3.8) is 0 Å². The first-order valence-corrected chi connectivity index (χ1v) is 6.73. The topological polar surface area (TPSA) is 95.6 Å². The van der Waals surface area contributed by atoms with Gasteiger partial charge in [-0.15, -0.1) is 0 Å². The number of hydrogen-bond acceptors (Lipinski definition) is 4. The zero-order valence-corrected chi connectivity index (χ0v) is 8.65. The molecule has 0 aromatic heterocycles. The van der Waals surface area contributed by atoms with E-state index in [1.54, 1.807) is 6.92 Å². The molecule has 1 atom stereocenters. The highest BCUT2D eigenvalue weighted by Crippen LogP contribution is 2.51. The van der Waals surface area contributed by atoms with Gasteiger partial charge in [0, 0.05) is 0 Å². The maximum atomic E-state index is 10.5. The molecular weight excluding hydrogens is 199 g/mol. The van der Waals surface area contributed by atoms with Crippen LogP contribution in [0.2, 0.25) is 0 Å². The Morgan fingerprint density at radius 1 is 1.67 bits per heavy atom. The third-order valence-electron chi connectivity index (χ3n) is 1.11. The third kappa shape index (κ3) is 8.52. The summed E-state index contributed by atoms with van der Waals surface area (Å²) >= 11 is 0.622. The van der Waals surface area contributed by atoms with E-state index in [0.717, 1.165) is 6.42 Å². The van der Waals surface area contributed by atoms with Crippen molar-refractivity contribution in [3.05, 3.63) is 0 Å². The predicted octanol–water partition coefficient (Wildman–Crippen LogP) is 0.0967. The summed E-state index contributed by atoms with van der Waals surface area (Å²) in [6.07, 6.45) is 0.812. The van der Waals surface area contributed by atoms with Crippen LogP contribution < -0.4 is 11.1 Å². The van der Waals surface area contributed by atoms with E-state index >= 15 is 0 Å². The Bertz CT molecular complexity index is 163. The minimum atomic E-state index is -3.95. The fraction of sp³-hybridized carbons (Fsp3) is 1.00. The minimum Gasteiger partial charge on any atom is -0.330 e. The number of hydrogen-bond donors (Lipinski definition) is 4. The molecule has 0 heterocycles. The summed E-state index contributed by atoms with van der Waals surface area (Å²) in [6.45, 7) is -0.970. The predicted molar refractivity (Wildman–Crippen MR) is 50.8 cm³/mol. The lowest BCUT2D eigenvalue weighted by Crippen LogP contribution is -2.25. The standard InChI is InChI=1S/C5H15N2O3PS/c1-5(7-4-2-3-6)12-11(8,9)10/h5,7H,2-4,6H2,1H3,(H2,8,9,10). The van der Waals surface area contributed by atoms with Crippen LogP contribution in [0.1, 0.15) is 13.3 Å². The average molecular weight is 214 g/mol. The quantitative estimate of drug-likeness (QED) is 0.284. The Balaban J connectivity index is 3.46. The van der Waals surface area contributed by atoms with Crippen LogP contribution in [0.5, 0.6) is 0 Å². The van der Waals surface area contributed by atoms with Crippen molar-refractivity contribution in [1.29, 1.82) is 0 Å². The molecule has 1 unspecified atom stereocenters. The van der Waals surface area contributed by atoms with Gasteiger partial charge in [-0.2, -0.15) is 0 Å². The molecule has 0 aromatic carbocycles. The van der Waals surface area contributed by atoms with Crippen LogP contribution in [0.3, 0.4) is 0 Å². The Morgan fingerprint density at radius 2 is 2.25 bits per heavy atom. The first kappa shape index (κ1) is 12.4. The fourth-order valence-corrected chi connectivity index (χ4v) is 2.71. The van der Waals surface area contributed by atoms with Crippen LogP contribution in [0.15, 0.2) is 0 Å². The number of nitrogens with one attached hydrogen (secondary N) is 1. The molecule has 0 fully saturated rings. The van der Waals surface area contributed by atoms with Gasteiger partial charge in [0.2, 0.25) is 0 Å². The zero-order valence-electron chi connectivity index (χ0n) is 6.93. The molecule has 0 aliphatic rings. The molecule has 0 radical (unpaired) electrons. The molecule has 0 aliphatic carbocycles. The molecular formula is C5H15N2O3PS. The van der Waals surface area contributed by atoms with Gasteiger partial charge in [-0.05, 0) is 37.8 Å². The second-order valence-electron chi connectivity index (χ2n) is 2.33. The van der Waals surface area contributed by atoms with Gasteiger partial charge in [-0.25, -0.2) is 4.57 Å². The molecule has 0 rings (SSSR count). The van der Waals surface area contributed by atoms with Gasteiger partial charge >= 0.3 is 6.80 Å². The summed E-state index contributed by atoms with van der Waals surface area (Å²) in [6, 6.07) is 0. The Kier molecular flexibility index (Phi) is 6.17. The summed E-state index contributed by atoms with van der Waals surface area (Å²) in [5, 5.41) is 2.69. The van der Waals surface area contributed by atoms with Crippen LogP contribution in [-0.4, -0.2) is 28.3 Å². The van der Waals surface area contributed by atoms with Crippen LogP contribution >= 0.6 is 18.2 Å². The highest BCUT2D eigenvalue weighted by Gasteiger charge is 2.18. The van der Waals surface area contributed by atoms with Crippen molar-refractivity contribution in [2.45, 2.75) is 18.7 Å². The van der Waals surface area contributed by atoms with E-state index in [-0.39, 0.29) is 5.37 Å². The SMILES string of the molecule is CC(NCCCN)SP(=O)(O)O. The van der Waals surface area contributed by atoms with Gasteiger partial charge in [-0.1, -0.05) is 0 Å². The molecule has 0 aromatic rings.